The highest BCUT2D eigenvalue weighted by molar-refractivity contribution is 5.80. The van der Waals surface area contributed by atoms with Crippen molar-refractivity contribution in [1.29, 1.82) is 0 Å². The Labute approximate surface area is 136 Å². The van der Waals surface area contributed by atoms with Gasteiger partial charge < -0.3 is 10.1 Å². The van der Waals surface area contributed by atoms with E-state index in [1.165, 1.54) is 29.8 Å². The molecule has 0 spiro atoms. The number of hydrogen-bond acceptors (Lipinski definition) is 2. The number of nitrogens with one attached hydrogen (secondary N) is 1. The van der Waals surface area contributed by atoms with Gasteiger partial charge in [0.15, 0.2) is 6.10 Å². The number of carbonyl (C=O) groups excluding carboxylic acids is 1. The second-order valence-corrected chi connectivity index (χ2v) is 5.65. The van der Waals surface area contributed by atoms with E-state index < -0.39 is 6.10 Å². The molecule has 0 aromatic heterocycles. The molecule has 2 aromatic rings. The number of hydrogen-bond donors (Lipinski definition) is 1. The Bertz CT molecular complexity index is 613. The molecule has 4 heteroatoms. The van der Waals surface area contributed by atoms with Crippen molar-refractivity contribution in [1.82, 2.24) is 5.32 Å². The maximum Gasteiger partial charge on any atom is 0.260 e. The third-order valence-corrected chi connectivity index (χ3v) is 3.59. The molecule has 1 amide bonds. The summed E-state index contributed by atoms with van der Waals surface area (Å²) in [6, 6.07) is 15.9. The van der Waals surface area contributed by atoms with E-state index >= 15 is 0 Å². The quantitative estimate of drug-likeness (QED) is 0.845. The minimum Gasteiger partial charge on any atom is -0.481 e. The van der Waals surface area contributed by atoms with Gasteiger partial charge in [-0.3, -0.25) is 4.79 Å². The Hall–Kier alpha value is -2.36. The Balaban J connectivity index is 1.77. The summed E-state index contributed by atoms with van der Waals surface area (Å²) in [5, 5.41) is 2.94. The predicted molar refractivity (Wildman–Crippen MR) is 88.9 cm³/mol. The fourth-order valence-electron chi connectivity index (χ4n) is 2.23. The van der Waals surface area contributed by atoms with Crippen LogP contribution in [0.25, 0.3) is 0 Å². The number of carbonyl (C=O) groups is 1. The number of benzene rings is 2. The van der Waals surface area contributed by atoms with Gasteiger partial charge >= 0.3 is 0 Å². The SMILES string of the molecule is C[C@H](Oc1ccc(F)cc1)C(=O)N[C@@H](C)CCc1ccccc1. The monoisotopic (exact) mass is 315 g/mol. The molecular weight excluding hydrogens is 293 g/mol. The topological polar surface area (TPSA) is 38.3 Å². The van der Waals surface area contributed by atoms with Gasteiger partial charge in [-0.25, -0.2) is 4.39 Å². The molecule has 1 N–H and O–H groups in total. The second kappa shape index (κ2) is 8.32. The molecule has 3 nitrogen and oxygen atoms in total. The van der Waals surface area contributed by atoms with Crippen molar-refractivity contribution < 1.29 is 13.9 Å². The lowest BCUT2D eigenvalue weighted by Gasteiger charge is -2.18. The smallest absolute Gasteiger partial charge is 0.260 e. The van der Waals surface area contributed by atoms with Gasteiger partial charge in [-0.15, -0.1) is 0 Å². The van der Waals surface area contributed by atoms with E-state index in [2.05, 4.69) is 17.4 Å². The Morgan fingerprint density at radius 3 is 2.39 bits per heavy atom. The molecule has 0 bridgehead atoms. The standard InChI is InChI=1S/C19H22FNO2/c1-14(8-9-16-6-4-3-5-7-16)21-19(22)15(2)23-18-12-10-17(20)11-13-18/h3-7,10-15H,8-9H2,1-2H3,(H,21,22)/t14-,15-/m0/s1. The van der Waals surface area contributed by atoms with Crippen LogP contribution in [0.2, 0.25) is 0 Å². The summed E-state index contributed by atoms with van der Waals surface area (Å²) in [6.07, 6.45) is 1.15. The van der Waals surface area contributed by atoms with Crippen LogP contribution < -0.4 is 10.1 Å². The Kier molecular flexibility index (Phi) is 6.15. The highest BCUT2D eigenvalue weighted by Crippen LogP contribution is 2.13. The Morgan fingerprint density at radius 2 is 1.74 bits per heavy atom. The molecular formula is C19H22FNO2. The van der Waals surface area contributed by atoms with E-state index in [-0.39, 0.29) is 17.8 Å². The van der Waals surface area contributed by atoms with Crippen molar-refractivity contribution in [3.8, 4) is 5.75 Å². The summed E-state index contributed by atoms with van der Waals surface area (Å²) in [4.78, 5) is 12.1. The maximum absolute atomic E-state index is 12.8. The van der Waals surface area contributed by atoms with Crippen molar-refractivity contribution in [3.63, 3.8) is 0 Å². The number of aryl methyl sites for hydroxylation is 1. The average molecular weight is 315 g/mol. The van der Waals surface area contributed by atoms with E-state index in [0.717, 1.165) is 12.8 Å². The minimum atomic E-state index is -0.625. The first kappa shape index (κ1) is 17.0. The van der Waals surface area contributed by atoms with Gasteiger partial charge in [0.05, 0.1) is 0 Å². The highest BCUT2D eigenvalue weighted by atomic mass is 19.1. The van der Waals surface area contributed by atoms with E-state index in [9.17, 15) is 9.18 Å². The summed E-state index contributed by atoms with van der Waals surface area (Å²) in [7, 11) is 0. The molecule has 0 fully saturated rings. The average Bonchev–Trinajstić information content (AvgIpc) is 2.56. The molecule has 0 aliphatic rings. The minimum absolute atomic E-state index is 0.0574. The van der Waals surface area contributed by atoms with Gasteiger partial charge in [0.2, 0.25) is 0 Å². The zero-order chi connectivity index (χ0) is 16.7. The zero-order valence-electron chi connectivity index (χ0n) is 13.5. The van der Waals surface area contributed by atoms with Gasteiger partial charge in [0.1, 0.15) is 11.6 Å². The van der Waals surface area contributed by atoms with E-state index in [0.29, 0.717) is 5.75 Å². The van der Waals surface area contributed by atoms with Crippen molar-refractivity contribution in [2.24, 2.45) is 0 Å². The van der Waals surface area contributed by atoms with Crippen molar-refractivity contribution >= 4 is 5.91 Å². The van der Waals surface area contributed by atoms with Crippen molar-refractivity contribution in [3.05, 3.63) is 66.0 Å². The van der Waals surface area contributed by atoms with Crippen molar-refractivity contribution in [2.45, 2.75) is 38.8 Å². The maximum atomic E-state index is 12.8. The molecule has 0 unspecified atom stereocenters. The van der Waals surface area contributed by atoms with Crippen LogP contribution in [0.15, 0.2) is 54.6 Å². The third kappa shape index (κ3) is 5.74. The van der Waals surface area contributed by atoms with Gasteiger partial charge in [-0.2, -0.15) is 0 Å². The van der Waals surface area contributed by atoms with E-state index in [1.54, 1.807) is 6.92 Å². The van der Waals surface area contributed by atoms with Crippen LogP contribution in [-0.4, -0.2) is 18.1 Å². The molecule has 2 atom stereocenters. The number of amides is 1. The third-order valence-electron chi connectivity index (χ3n) is 3.59. The first-order valence-electron chi connectivity index (χ1n) is 7.81. The molecule has 0 aliphatic heterocycles. The molecule has 23 heavy (non-hydrogen) atoms. The molecule has 2 aromatic carbocycles. The fourth-order valence-corrected chi connectivity index (χ4v) is 2.23. The second-order valence-electron chi connectivity index (χ2n) is 5.65. The van der Waals surface area contributed by atoms with Crippen LogP contribution in [0, 0.1) is 5.82 Å². The lowest BCUT2D eigenvalue weighted by atomic mass is 10.1. The van der Waals surface area contributed by atoms with Gasteiger partial charge in [-0.1, -0.05) is 30.3 Å². The molecule has 0 saturated heterocycles. The van der Waals surface area contributed by atoms with Crippen LogP contribution in [0.1, 0.15) is 25.8 Å². The largest absolute Gasteiger partial charge is 0.481 e. The van der Waals surface area contributed by atoms with Crippen LogP contribution in [0.3, 0.4) is 0 Å². The highest BCUT2D eigenvalue weighted by Gasteiger charge is 2.16. The Morgan fingerprint density at radius 1 is 1.09 bits per heavy atom. The molecule has 0 aliphatic carbocycles. The molecule has 0 radical (unpaired) electrons. The van der Waals surface area contributed by atoms with Crippen LogP contribution >= 0.6 is 0 Å². The summed E-state index contributed by atoms with van der Waals surface area (Å²) in [5.74, 6) is -0.0233. The van der Waals surface area contributed by atoms with Crippen LogP contribution in [0.5, 0.6) is 5.75 Å². The van der Waals surface area contributed by atoms with Crippen LogP contribution in [0.4, 0.5) is 4.39 Å². The zero-order valence-corrected chi connectivity index (χ0v) is 13.5. The number of ether oxygens (including phenoxy) is 1. The molecule has 122 valence electrons. The lowest BCUT2D eigenvalue weighted by Crippen LogP contribution is -2.41. The van der Waals surface area contributed by atoms with Crippen molar-refractivity contribution in [2.75, 3.05) is 0 Å². The number of rotatable bonds is 7. The van der Waals surface area contributed by atoms with Gasteiger partial charge in [0.25, 0.3) is 5.91 Å². The van der Waals surface area contributed by atoms with Crippen LogP contribution in [-0.2, 0) is 11.2 Å². The van der Waals surface area contributed by atoms with E-state index in [4.69, 9.17) is 4.74 Å². The first-order chi connectivity index (χ1) is 11.0. The van der Waals surface area contributed by atoms with Gasteiger partial charge in [0, 0.05) is 6.04 Å². The normalized spacial score (nSPS) is 13.2. The molecule has 0 saturated carbocycles. The van der Waals surface area contributed by atoms with E-state index in [1.807, 2.05) is 25.1 Å². The summed E-state index contributed by atoms with van der Waals surface area (Å²) < 4.78 is 18.4. The summed E-state index contributed by atoms with van der Waals surface area (Å²) >= 11 is 0. The molecule has 0 heterocycles. The summed E-state index contributed by atoms with van der Waals surface area (Å²) in [5.41, 5.74) is 1.25. The summed E-state index contributed by atoms with van der Waals surface area (Å²) in [6.45, 7) is 3.66. The predicted octanol–water partition coefficient (Wildman–Crippen LogP) is 3.73. The lowest BCUT2D eigenvalue weighted by molar-refractivity contribution is -0.127. The van der Waals surface area contributed by atoms with Gasteiger partial charge in [-0.05, 0) is 56.5 Å². The first-order valence-corrected chi connectivity index (χ1v) is 7.81. The molecule has 2 rings (SSSR count). The number of halogens is 1. The fraction of sp³-hybridized carbons (Fsp3) is 0.316.